The first-order chi connectivity index (χ1) is 18.3. The third-order valence-corrected chi connectivity index (χ3v) is 8.38. The largest absolute Gasteiger partial charge is 0.495 e. The first-order valence-electron chi connectivity index (χ1n) is 11.9. The summed E-state index contributed by atoms with van der Waals surface area (Å²) in [5, 5.41) is 0.303. The number of amides is 1. The van der Waals surface area contributed by atoms with Crippen molar-refractivity contribution >= 4 is 38.9 Å². The van der Waals surface area contributed by atoms with E-state index in [1.807, 2.05) is 30.3 Å². The van der Waals surface area contributed by atoms with E-state index in [2.05, 4.69) is 4.90 Å². The zero-order valence-electron chi connectivity index (χ0n) is 21.5. The van der Waals surface area contributed by atoms with E-state index in [0.29, 0.717) is 37.0 Å². The highest BCUT2D eigenvalue weighted by Crippen LogP contribution is 2.37. The number of ether oxygens (including phenoxy) is 3. The zero-order valence-corrected chi connectivity index (χ0v) is 23.0. The number of para-hydroxylation sites is 1. The molecule has 3 aromatic rings. The van der Waals surface area contributed by atoms with E-state index in [1.165, 1.54) is 45.6 Å². The molecule has 9 nitrogen and oxygen atoms in total. The number of carbonyl (C=O) groups is 1. The summed E-state index contributed by atoms with van der Waals surface area (Å²) in [4.78, 5) is 17.3. The number of hydrogen-bond donors (Lipinski definition) is 0. The number of nitrogens with zero attached hydrogens (tertiary/aromatic N) is 3. The van der Waals surface area contributed by atoms with Crippen molar-refractivity contribution < 1.29 is 27.4 Å². The number of methoxy groups -OCH3 is 3. The number of benzene rings is 3. The molecule has 4 rings (SSSR count). The summed E-state index contributed by atoms with van der Waals surface area (Å²) in [7, 11) is 0.0668. The van der Waals surface area contributed by atoms with Crippen molar-refractivity contribution in [3.63, 3.8) is 0 Å². The van der Waals surface area contributed by atoms with Crippen LogP contribution in [0.2, 0.25) is 5.02 Å². The molecule has 1 aliphatic rings. The summed E-state index contributed by atoms with van der Waals surface area (Å²) in [6, 6.07) is 18.9. The Labute approximate surface area is 228 Å². The SMILES string of the molecule is COc1ccc(S(=O)(=O)N(CC(=O)N2CCN(c3ccccc3)CC2)c2cc(Cl)ccc2OC)cc1OC. The van der Waals surface area contributed by atoms with Gasteiger partial charge in [-0.15, -0.1) is 0 Å². The molecule has 11 heteroatoms. The van der Waals surface area contributed by atoms with Crippen LogP contribution in [0.5, 0.6) is 17.2 Å². The van der Waals surface area contributed by atoms with E-state index in [1.54, 1.807) is 17.0 Å². The molecule has 0 N–H and O–H groups in total. The predicted octanol–water partition coefficient (Wildman–Crippen LogP) is 3.91. The molecular weight excluding hydrogens is 530 g/mol. The van der Waals surface area contributed by atoms with E-state index in [9.17, 15) is 13.2 Å². The molecule has 0 aliphatic carbocycles. The molecule has 3 aromatic carbocycles. The fourth-order valence-electron chi connectivity index (χ4n) is 4.34. The van der Waals surface area contributed by atoms with Crippen LogP contribution in [0.4, 0.5) is 11.4 Å². The predicted molar refractivity (Wildman–Crippen MR) is 147 cm³/mol. The van der Waals surface area contributed by atoms with Gasteiger partial charge in [-0.2, -0.15) is 0 Å². The van der Waals surface area contributed by atoms with Gasteiger partial charge in [0.05, 0.1) is 31.9 Å². The highest BCUT2D eigenvalue weighted by molar-refractivity contribution is 7.92. The Balaban J connectivity index is 1.65. The summed E-state index contributed by atoms with van der Waals surface area (Å²) in [5.41, 5.74) is 1.24. The summed E-state index contributed by atoms with van der Waals surface area (Å²) in [5.74, 6) is 0.560. The summed E-state index contributed by atoms with van der Waals surface area (Å²) < 4.78 is 45.0. The molecule has 38 heavy (non-hydrogen) atoms. The molecule has 1 aliphatic heterocycles. The second-order valence-electron chi connectivity index (χ2n) is 8.55. The Morgan fingerprint density at radius 2 is 1.47 bits per heavy atom. The van der Waals surface area contributed by atoms with Crippen LogP contribution in [-0.2, 0) is 14.8 Å². The second-order valence-corrected chi connectivity index (χ2v) is 10.8. The minimum atomic E-state index is -4.25. The lowest BCUT2D eigenvalue weighted by Gasteiger charge is -2.37. The molecule has 1 saturated heterocycles. The highest BCUT2D eigenvalue weighted by Gasteiger charge is 2.33. The van der Waals surface area contributed by atoms with Crippen LogP contribution in [0.1, 0.15) is 0 Å². The second kappa shape index (κ2) is 11.8. The third-order valence-electron chi connectivity index (χ3n) is 6.39. The van der Waals surface area contributed by atoms with E-state index < -0.39 is 16.6 Å². The monoisotopic (exact) mass is 559 g/mol. The van der Waals surface area contributed by atoms with Gasteiger partial charge in [-0.25, -0.2) is 8.42 Å². The Morgan fingerprint density at radius 3 is 2.11 bits per heavy atom. The maximum atomic E-state index is 14.0. The van der Waals surface area contributed by atoms with Gasteiger partial charge >= 0.3 is 0 Å². The molecule has 1 amide bonds. The van der Waals surface area contributed by atoms with Crippen LogP contribution in [-0.4, -0.2) is 73.3 Å². The lowest BCUT2D eigenvalue weighted by molar-refractivity contribution is -0.129. The van der Waals surface area contributed by atoms with Crippen LogP contribution in [0.15, 0.2) is 71.6 Å². The van der Waals surface area contributed by atoms with Gasteiger partial charge in [0, 0.05) is 43.0 Å². The maximum absolute atomic E-state index is 14.0. The molecule has 0 atom stereocenters. The van der Waals surface area contributed by atoms with Crippen molar-refractivity contribution in [2.75, 3.05) is 63.3 Å². The van der Waals surface area contributed by atoms with Crippen molar-refractivity contribution in [3.8, 4) is 17.2 Å². The normalized spacial score (nSPS) is 13.7. The molecule has 0 bridgehead atoms. The number of halogens is 1. The molecule has 0 saturated carbocycles. The topological polar surface area (TPSA) is 88.6 Å². The van der Waals surface area contributed by atoms with Crippen LogP contribution in [0.25, 0.3) is 0 Å². The summed E-state index contributed by atoms with van der Waals surface area (Å²) in [6.07, 6.45) is 0. The Kier molecular flexibility index (Phi) is 8.53. The van der Waals surface area contributed by atoms with Gasteiger partial charge in [0.25, 0.3) is 10.0 Å². The van der Waals surface area contributed by atoms with Gasteiger partial charge in [0.1, 0.15) is 12.3 Å². The van der Waals surface area contributed by atoms with Crippen molar-refractivity contribution in [1.29, 1.82) is 0 Å². The summed E-state index contributed by atoms with van der Waals surface area (Å²) >= 11 is 6.25. The van der Waals surface area contributed by atoms with Gasteiger partial charge < -0.3 is 24.0 Å². The summed E-state index contributed by atoms with van der Waals surface area (Å²) in [6.45, 7) is 1.77. The fourth-order valence-corrected chi connectivity index (χ4v) is 5.94. The lowest BCUT2D eigenvalue weighted by Crippen LogP contribution is -2.52. The molecule has 0 radical (unpaired) electrons. The lowest BCUT2D eigenvalue weighted by atomic mass is 10.2. The minimum absolute atomic E-state index is 0.0705. The highest BCUT2D eigenvalue weighted by atomic mass is 35.5. The zero-order chi connectivity index (χ0) is 27.3. The molecule has 202 valence electrons. The minimum Gasteiger partial charge on any atom is -0.495 e. The van der Waals surface area contributed by atoms with Gasteiger partial charge in [-0.05, 0) is 42.5 Å². The average molecular weight is 560 g/mol. The van der Waals surface area contributed by atoms with Crippen molar-refractivity contribution in [2.45, 2.75) is 4.90 Å². The van der Waals surface area contributed by atoms with E-state index in [-0.39, 0.29) is 28.0 Å². The van der Waals surface area contributed by atoms with Crippen LogP contribution in [0.3, 0.4) is 0 Å². The molecule has 1 heterocycles. The first kappa shape index (κ1) is 27.4. The van der Waals surface area contributed by atoms with E-state index in [4.69, 9.17) is 25.8 Å². The Bertz CT molecular complexity index is 1380. The first-order valence-corrected chi connectivity index (χ1v) is 13.8. The number of carbonyl (C=O) groups excluding carboxylic acids is 1. The molecule has 1 fully saturated rings. The molecule has 0 spiro atoms. The third kappa shape index (κ3) is 5.76. The number of anilines is 2. The van der Waals surface area contributed by atoms with E-state index >= 15 is 0 Å². The molecule has 0 unspecified atom stereocenters. The quantitative estimate of drug-likeness (QED) is 0.393. The van der Waals surface area contributed by atoms with Gasteiger partial charge in [0.15, 0.2) is 11.5 Å². The van der Waals surface area contributed by atoms with Gasteiger partial charge in [0.2, 0.25) is 5.91 Å². The Hall–Kier alpha value is -3.63. The van der Waals surface area contributed by atoms with Crippen molar-refractivity contribution in [3.05, 3.63) is 71.8 Å². The molecule has 0 aromatic heterocycles. The smallest absolute Gasteiger partial charge is 0.265 e. The van der Waals surface area contributed by atoms with Crippen molar-refractivity contribution in [1.82, 2.24) is 4.90 Å². The number of piperazine rings is 1. The number of sulfonamides is 1. The van der Waals surface area contributed by atoms with Crippen LogP contribution < -0.4 is 23.4 Å². The number of hydrogen-bond acceptors (Lipinski definition) is 7. The fraction of sp³-hybridized carbons (Fsp3) is 0.296. The van der Waals surface area contributed by atoms with Crippen LogP contribution in [0, 0.1) is 0 Å². The Morgan fingerprint density at radius 1 is 0.842 bits per heavy atom. The number of rotatable bonds is 9. The average Bonchev–Trinajstić information content (AvgIpc) is 2.95. The molecular formula is C27H30ClN3O6S. The standard InChI is InChI=1S/C27H30ClN3O6S/c1-35-24-11-9-20(28)17-23(24)31(38(33,34)22-10-12-25(36-2)26(18-22)37-3)19-27(32)30-15-13-29(14-16-30)21-7-5-4-6-8-21/h4-12,17-18H,13-16,19H2,1-3H3. The maximum Gasteiger partial charge on any atom is 0.265 e. The van der Waals surface area contributed by atoms with Crippen molar-refractivity contribution in [2.24, 2.45) is 0 Å². The van der Waals surface area contributed by atoms with Crippen LogP contribution >= 0.6 is 11.6 Å². The van der Waals surface area contributed by atoms with Gasteiger partial charge in [-0.3, -0.25) is 9.10 Å². The van der Waals surface area contributed by atoms with Gasteiger partial charge in [-0.1, -0.05) is 29.8 Å². The van der Waals surface area contributed by atoms with E-state index in [0.717, 1.165) is 9.99 Å².